The van der Waals surface area contributed by atoms with Crippen molar-refractivity contribution in [1.82, 2.24) is 0 Å². The predicted octanol–water partition coefficient (Wildman–Crippen LogP) is 3.80. The normalized spacial score (nSPS) is 12.3. The maximum Gasteiger partial charge on any atom is 0.0762 e. The van der Waals surface area contributed by atoms with E-state index in [1.165, 1.54) is 0 Å². The number of rotatable bonds is 5. The van der Waals surface area contributed by atoms with Crippen molar-refractivity contribution in [3.8, 4) is 0 Å². The van der Waals surface area contributed by atoms with Crippen molar-refractivity contribution in [2.75, 3.05) is 18.0 Å². The molecule has 1 N–H and O–H groups in total. The third kappa shape index (κ3) is 3.76. The van der Waals surface area contributed by atoms with Crippen LogP contribution in [0.5, 0.6) is 0 Å². The van der Waals surface area contributed by atoms with Crippen molar-refractivity contribution < 1.29 is 5.11 Å². The molecule has 0 saturated carbocycles. The van der Waals surface area contributed by atoms with Gasteiger partial charge >= 0.3 is 0 Å². The minimum absolute atomic E-state index is 0.488. The van der Waals surface area contributed by atoms with Crippen LogP contribution in [0, 0.1) is 0 Å². The molecule has 3 heteroatoms. The fourth-order valence-electron chi connectivity index (χ4n) is 1.73. The average molecular weight is 254 g/mol. The standard InChI is InChI=1S/C14H20ClNO/c1-5-16(9-10(2)3)14-7-6-12(11(4)17)8-13(14)15/h6-8,11,17H,2,5,9H2,1,3-4H3. The van der Waals surface area contributed by atoms with Gasteiger partial charge in [0.25, 0.3) is 0 Å². The largest absolute Gasteiger partial charge is 0.389 e. The summed E-state index contributed by atoms with van der Waals surface area (Å²) in [6.45, 7) is 11.4. The van der Waals surface area contributed by atoms with E-state index in [2.05, 4.69) is 18.4 Å². The summed E-state index contributed by atoms with van der Waals surface area (Å²) in [4.78, 5) is 2.16. The minimum Gasteiger partial charge on any atom is -0.389 e. The highest BCUT2D eigenvalue weighted by molar-refractivity contribution is 6.33. The van der Waals surface area contributed by atoms with E-state index in [4.69, 9.17) is 11.6 Å². The van der Waals surface area contributed by atoms with E-state index in [-0.39, 0.29) is 0 Å². The van der Waals surface area contributed by atoms with Crippen molar-refractivity contribution in [1.29, 1.82) is 0 Å². The lowest BCUT2D eigenvalue weighted by Gasteiger charge is -2.25. The number of nitrogens with zero attached hydrogens (tertiary/aromatic N) is 1. The zero-order chi connectivity index (χ0) is 13.0. The van der Waals surface area contributed by atoms with Gasteiger partial charge < -0.3 is 10.0 Å². The van der Waals surface area contributed by atoms with Crippen molar-refractivity contribution in [3.05, 3.63) is 40.9 Å². The summed E-state index contributed by atoms with van der Waals surface area (Å²) in [5, 5.41) is 10.2. The maximum absolute atomic E-state index is 9.49. The molecule has 0 amide bonds. The molecular formula is C14H20ClNO. The van der Waals surface area contributed by atoms with Gasteiger partial charge in [0.05, 0.1) is 16.8 Å². The molecule has 0 aliphatic heterocycles. The van der Waals surface area contributed by atoms with E-state index < -0.39 is 6.10 Å². The second-order valence-corrected chi connectivity index (χ2v) is 4.77. The van der Waals surface area contributed by atoms with Crippen molar-refractivity contribution in [3.63, 3.8) is 0 Å². The van der Waals surface area contributed by atoms with Crippen LogP contribution >= 0.6 is 11.6 Å². The Hall–Kier alpha value is -0.990. The third-order valence-electron chi connectivity index (χ3n) is 2.64. The topological polar surface area (TPSA) is 23.5 Å². The number of anilines is 1. The van der Waals surface area contributed by atoms with Crippen LogP contribution in [0.1, 0.15) is 32.4 Å². The van der Waals surface area contributed by atoms with E-state index in [0.717, 1.165) is 29.9 Å². The zero-order valence-electron chi connectivity index (χ0n) is 10.7. The molecule has 0 aliphatic rings. The van der Waals surface area contributed by atoms with E-state index >= 15 is 0 Å². The predicted molar refractivity (Wildman–Crippen MR) is 74.8 cm³/mol. The number of aliphatic hydroxyl groups excluding tert-OH is 1. The Bertz CT molecular complexity index is 401. The van der Waals surface area contributed by atoms with Gasteiger partial charge in [0.2, 0.25) is 0 Å². The molecule has 1 aromatic rings. The third-order valence-corrected chi connectivity index (χ3v) is 2.94. The molecule has 0 aliphatic carbocycles. The first-order valence-corrected chi connectivity index (χ1v) is 6.20. The summed E-state index contributed by atoms with van der Waals surface area (Å²) >= 11 is 6.25. The van der Waals surface area contributed by atoms with E-state index in [9.17, 15) is 5.11 Å². The average Bonchev–Trinajstić information content (AvgIpc) is 2.25. The smallest absolute Gasteiger partial charge is 0.0762 e. The first-order valence-electron chi connectivity index (χ1n) is 5.82. The van der Waals surface area contributed by atoms with Crippen LogP contribution in [0.25, 0.3) is 0 Å². The Balaban J connectivity index is 3.00. The van der Waals surface area contributed by atoms with Crippen molar-refractivity contribution in [2.45, 2.75) is 26.9 Å². The molecule has 0 radical (unpaired) electrons. The van der Waals surface area contributed by atoms with Crippen LogP contribution in [-0.2, 0) is 0 Å². The van der Waals surface area contributed by atoms with Crippen molar-refractivity contribution >= 4 is 17.3 Å². The Morgan fingerprint density at radius 2 is 2.18 bits per heavy atom. The molecule has 0 aromatic heterocycles. The fourth-order valence-corrected chi connectivity index (χ4v) is 2.04. The summed E-state index contributed by atoms with van der Waals surface area (Å²) < 4.78 is 0. The summed E-state index contributed by atoms with van der Waals surface area (Å²) in [6, 6.07) is 5.69. The van der Waals surface area contributed by atoms with Gasteiger partial charge in [-0.25, -0.2) is 0 Å². The van der Waals surface area contributed by atoms with Crippen molar-refractivity contribution in [2.24, 2.45) is 0 Å². The quantitative estimate of drug-likeness (QED) is 0.807. The molecular weight excluding hydrogens is 234 g/mol. The Morgan fingerprint density at radius 3 is 2.59 bits per heavy atom. The molecule has 0 spiro atoms. The highest BCUT2D eigenvalue weighted by Gasteiger charge is 2.10. The number of hydrogen-bond donors (Lipinski definition) is 1. The molecule has 0 bridgehead atoms. The molecule has 94 valence electrons. The number of hydrogen-bond acceptors (Lipinski definition) is 2. The Kier molecular flexibility index (Phi) is 5.03. The highest BCUT2D eigenvalue weighted by Crippen LogP contribution is 2.29. The molecule has 0 fully saturated rings. The summed E-state index contributed by atoms with van der Waals surface area (Å²) in [6.07, 6.45) is -0.488. The molecule has 1 rings (SSSR count). The second kappa shape index (κ2) is 6.08. The van der Waals surface area contributed by atoms with Crippen LogP contribution in [-0.4, -0.2) is 18.2 Å². The van der Waals surface area contributed by atoms with Gasteiger partial charge in [0.1, 0.15) is 0 Å². The van der Waals surface area contributed by atoms with Gasteiger partial charge in [0, 0.05) is 13.1 Å². The lowest BCUT2D eigenvalue weighted by Crippen LogP contribution is -2.24. The van der Waals surface area contributed by atoms with Crippen LogP contribution in [0.15, 0.2) is 30.4 Å². The van der Waals surface area contributed by atoms with Gasteiger partial charge in [-0.3, -0.25) is 0 Å². The first kappa shape index (κ1) is 14.1. The number of aliphatic hydroxyl groups is 1. The molecule has 17 heavy (non-hydrogen) atoms. The van der Waals surface area contributed by atoms with E-state index in [1.54, 1.807) is 6.92 Å². The lowest BCUT2D eigenvalue weighted by molar-refractivity contribution is 0.199. The molecule has 1 aromatic carbocycles. The van der Waals surface area contributed by atoms with Gasteiger partial charge in [-0.05, 0) is 38.5 Å². The molecule has 2 nitrogen and oxygen atoms in total. The highest BCUT2D eigenvalue weighted by atomic mass is 35.5. The molecule has 0 heterocycles. The Morgan fingerprint density at radius 1 is 1.53 bits per heavy atom. The minimum atomic E-state index is -0.488. The fraction of sp³-hybridized carbons (Fsp3) is 0.429. The van der Waals surface area contributed by atoms with Crippen LogP contribution in [0.3, 0.4) is 0 Å². The molecule has 1 atom stereocenters. The van der Waals surface area contributed by atoms with Gasteiger partial charge in [-0.2, -0.15) is 0 Å². The Labute approximate surface area is 109 Å². The molecule has 1 unspecified atom stereocenters. The monoisotopic (exact) mass is 253 g/mol. The number of benzene rings is 1. The summed E-state index contributed by atoms with van der Waals surface area (Å²) in [7, 11) is 0. The number of likely N-dealkylation sites (N-methyl/N-ethyl adjacent to an activating group) is 1. The maximum atomic E-state index is 9.49. The van der Waals surface area contributed by atoms with Gasteiger partial charge in [-0.1, -0.05) is 29.8 Å². The van der Waals surface area contributed by atoms with E-state index in [1.807, 2.05) is 25.1 Å². The summed E-state index contributed by atoms with van der Waals surface area (Å²) in [5.74, 6) is 0. The SMILES string of the molecule is C=C(C)CN(CC)c1ccc(C(C)O)cc1Cl. The van der Waals surface area contributed by atoms with Crippen LogP contribution in [0.4, 0.5) is 5.69 Å². The number of halogens is 1. The first-order chi connectivity index (χ1) is 7.95. The lowest BCUT2D eigenvalue weighted by atomic mass is 10.1. The van der Waals surface area contributed by atoms with Crippen LogP contribution < -0.4 is 4.90 Å². The molecule has 0 saturated heterocycles. The summed E-state index contributed by atoms with van der Waals surface area (Å²) in [5.41, 5.74) is 2.93. The van der Waals surface area contributed by atoms with Gasteiger partial charge in [0.15, 0.2) is 0 Å². The zero-order valence-corrected chi connectivity index (χ0v) is 11.5. The van der Waals surface area contributed by atoms with E-state index in [0.29, 0.717) is 5.02 Å². The van der Waals surface area contributed by atoms with Gasteiger partial charge in [-0.15, -0.1) is 0 Å². The van der Waals surface area contributed by atoms with Crippen LogP contribution in [0.2, 0.25) is 5.02 Å². The second-order valence-electron chi connectivity index (χ2n) is 4.36.